The molecule has 0 aliphatic carbocycles. The lowest BCUT2D eigenvalue weighted by atomic mass is 10.1. The Hall–Kier alpha value is -1.81. The maximum Gasteiger partial charge on any atom is 0.124 e. The van der Waals surface area contributed by atoms with Gasteiger partial charge in [0.2, 0.25) is 0 Å². The van der Waals surface area contributed by atoms with Crippen molar-refractivity contribution in [3.63, 3.8) is 0 Å². The second-order valence-corrected chi connectivity index (χ2v) is 6.28. The molecule has 1 saturated heterocycles. The van der Waals surface area contributed by atoms with Crippen molar-refractivity contribution in [2.75, 3.05) is 13.1 Å². The van der Waals surface area contributed by atoms with Gasteiger partial charge in [0.25, 0.3) is 0 Å². The zero-order chi connectivity index (χ0) is 15.5. The van der Waals surface area contributed by atoms with E-state index in [1.807, 2.05) is 18.6 Å². The summed E-state index contributed by atoms with van der Waals surface area (Å²) in [6.45, 7) is 9.47. The highest BCUT2D eigenvalue weighted by atomic mass is 16.5. The first-order valence-electron chi connectivity index (χ1n) is 8.15. The van der Waals surface area contributed by atoms with Crippen LogP contribution in [-0.4, -0.2) is 33.6 Å². The summed E-state index contributed by atoms with van der Waals surface area (Å²) >= 11 is 0. The van der Waals surface area contributed by atoms with Crippen molar-refractivity contribution in [1.29, 1.82) is 0 Å². The standard InChI is InChI=1S/C18H25N3O/c1-4-15-7-5-6-8-18(15)22-17-11-20(12-17)10-16-9-19-13-21(16)14(2)3/h5-9,13-14,17H,4,10-12H2,1-3H3. The summed E-state index contributed by atoms with van der Waals surface area (Å²) in [4.78, 5) is 6.68. The second-order valence-electron chi connectivity index (χ2n) is 6.28. The van der Waals surface area contributed by atoms with Crippen LogP contribution in [0, 0.1) is 0 Å². The van der Waals surface area contributed by atoms with Gasteiger partial charge in [-0.2, -0.15) is 0 Å². The Bertz CT molecular complexity index is 614. The molecule has 22 heavy (non-hydrogen) atoms. The summed E-state index contributed by atoms with van der Waals surface area (Å²) in [7, 11) is 0. The molecule has 0 radical (unpaired) electrons. The molecule has 1 fully saturated rings. The molecule has 0 N–H and O–H groups in total. The molecule has 2 heterocycles. The van der Waals surface area contributed by atoms with Gasteiger partial charge < -0.3 is 9.30 Å². The quantitative estimate of drug-likeness (QED) is 0.820. The van der Waals surface area contributed by atoms with E-state index in [1.54, 1.807) is 0 Å². The molecule has 0 atom stereocenters. The summed E-state index contributed by atoms with van der Waals surface area (Å²) in [6.07, 6.45) is 5.22. The average Bonchev–Trinajstić information content (AvgIpc) is 2.94. The van der Waals surface area contributed by atoms with Crippen LogP contribution in [0.3, 0.4) is 0 Å². The number of aryl methyl sites for hydroxylation is 1. The largest absolute Gasteiger partial charge is 0.487 e. The Kier molecular flexibility index (Phi) is 4.48. The highest BCUT2D eigenvalue weighted by molar-refractivity contribution is 5.33. The third-order valence-electron chi connectivity index (χ3n) is 4.26. The third-order valence-corrected chi connectivity index (χ3v) is 4.26. The fourth-order valence-electron chi connectivity index (χ4n) is 2.97. The van der Waals surface area contributed by atoms with Crippen molar-refractivity contribution in [2.45, 2.75) is 45.9 Å². The van der Waals surface area contributed by atoms with Crippen LogP contribution in [0.25, 0.3) is 0 Å². The lowest BCUT2D eigenvalue weighted by Crippen LogP contribution is -2.53. The van der Waals surface area contributed by atoms with Gasteiger partial charge in [-0.3, -0.25) is 4.90 Å². The predicted molar refractivity (Wildman–Crippen MR) is 88.1 cm³/mol. The van der Waals surface area contributed by atoms with Crippen LogP contribution < -0.4 is 4.74 Å². The Balaban J connectivity index is 1.53. The van der Waals surface area contributed by atoms with Gasteiger partial charge in [0.1, 0.15) is 11.9 Å². The second kappa shape index (κ2) is 6.53. The number of nitrogens with zero attached hydrogens (tertiary/aromatic N) is 3. The fourth-order valence-corrected chi connectivity index (χ4v) is 2.97. The van der Waals surface area contributed by atoms with Crippen LogP contribution in [0.15, 0.2) is 36.8 Å². The minimum absolute atomic E-state index is 0.308. The molecule has 0 saturated carbocycles. The molecule has 3 rings (SSSR count). The molecule has 0 bridgehead atoms. The first-order chi connectivity index (χ1) is 10.7. The van der Waals surface area contributed by atoms with E-state index in [-0.39, 0.29) is 0 Å². The minimum atomic E-state index is 0.308. The fraction of sp³-hybridized carbons (Fsp3) is 0.500. The molecule has 4 heteroatoms. The van der Waals surface area contributed by atoms with Gasteiger partial charge in [-0.15, -0.1) is 0 Å². The number of likely N-dealkylation sites (tertiary alicyclic amines) is 1. The summed E-state index contributed by atoms with van der Waals surface area (Å²) in [5.41, 5.74) is 2.57. The van der Waals surface area contributed by atoms with E-state index < -0.39 is 0 Å². The molecule has 1 aromatic heterocycles. The van der Waals surface area contributed by atoms with Gasteiger partial charge in [-0.25, -0.2) is 4.98 Å². The van der Waals surface area contributed by atoms with Crippen molar-refractivity contribution in [2.24, 2.45) is 0 Å². The topological polar surface area (TPSA) is 30.3 Å². The van der Waals surface area contributed by atoms with Crippen molar-refractivity contribution in [3.05, 3.63) is 48.0 Å². The van der Waals surface area contributed by atoms with Crippen molar-refractivity contribution >= 4 is 0 Å². The molecule has 0 amide bonds. The lowest BCUT2D eigenvalue weighted by molar-refractivity contribution is 0.0125. The Morgan fingerprint density at radius 3 is 2.77 bits per heavy atom. The predicted octanol–water partition coefficient (Wildman–Crippen LogP) is 3.29. The number of para-hydroxylation sites is 1. The summed E-state index contributed by atoms with van der Waals surface area (Å²) < 4.78 is 8.37. The SMILES string of the molecule is CCc1ccccc1OC1CN(Cc2cncn2C(C)C)C1. The van der Waals surface area contributed by atoms with Gasteiger partial charge >= 0.3 is 0 Å². The zero-order valence-corrected chi connectivity index (χ0v) is 13.7. The van der Waals surface area contributed by atoms with Gasteiger partial charge in [0.05, 0.1) is 12.0 Å². The van der Waals surface area contributed by atoms with Crippen LogP contribution in [0.4, 0.5) is 0 Å². The third kappa shape index (κ3) is 3.17. The van der Waals surface area contributed by atoms with Crippen molar-refractivity contribution < 1.29 is 4.74 Å². The van der Waals surface area contributed by atoms with E-state index in [1.165, 1.54) is 11.3 Å². The van der Waals surface area contributed by atoms with E-state index in [4.69, 9.17) is 4.74 Å². The highest BCUT2D eigenvalue weighted by Crippen LogP contribution is 2.24. The van der Waals surface area contributed by atoms with Gasteiger partial charge in [0, 0.05) is 31.9 Å². The summed E-state index contributed by atoms with van der Waals surface area (Å²) in [6, 6.07) is 8.81. The molecule has 2 aromatic rings. The van der Waals surface area contributed by atoms with E-state index >= 15 is 0 Å². The van der Waals surface area contributed by atoms with Crippen LogP contribution in [0.2, 0.25) is 0 Å². The van der Waals surface area contributed by atoms with Crippen molar-refractivity contribution in [1.82, 2.24) is 14.5 Å². The van der Waals surface area contributed by atoms with E-state index in [0.717, 1.165) is 31.8 Å². The first-order valence-corrected chi connectivity index (χ1v) is 8.15. The Morgan fingerprint density at radius 1 is 1.27 bits per heavy atom. The van der Waals surface area contributed by atoms with E-state index in [0.29, 0.717) is 12.1 Å². The lowest BCUT2D eigenvalue weighted by Gasteiger charge is -2.39. The number of imidazole rings is 1. The maximum atomic E-state index is 6.14. The van der Waals surface area contributed by atoms with E-state index in [9.17, 15) is 0 Å². The average molecular weight is 299 g/mol. The molecule has 1 aliphatic heterocycles. The number of hydrogen-bond acceptors (Lipinski definition) is 3. The van der Waals surface area contributed by atoms with Crippen LogP contribution >= 0.6 is 0 Å². The monoisotopic (exact) mass is 299 g/mol. The summed E-state index contributed by atoms with van der Waals surface area (Å²) in [5.74, 6) is 1.04. The van der Waals surface area contributed by atoms with Crippen LogP contribution in [0.5, 0.6) is 5.75 Å². The molecule has 0 unspecified atom stereocenters. The number of ether oxygens (including phenoxy) is 1. The van der Waals surface area contributed by atoms with Crippen LogP contribution in [0.1, 0.15) is 38.1 Å². The van der Waals surface area contributed by atoms with Gasteiger partial charge in [-0.1, -0.05) is 25.1 Å². The normalized spacial score (nSPS) is 16.0. The maximum absolute atomic E-state index is 6.14. The number of aromatic nitrogens is 2. The van der Waals surface area contributed by atoms with Crippen molar-refractivity contribution in [3.8, 4) is 5.75 Å². The minimum Gasteiger partial charge on any atom is -0.487 e. The molecule has 0 spiro atoms. The number of rotatable bonds is 6. The van der Waals surface area contributed by atoms with Gasteiger partial charge in [-0.05, 0) is 31.9 Å². The van der Waals surface area contributed by atoms with Crippen LogP contribution in [-0.2, 0) is 13.0 Å². The molecule has 118 valence electrons. The number of benzene rings is 1. The molecule has 1 aromatic carbocycles. The first kappa shape index (κ1) is 15.1. The van der Waals surface area contributed by atoms with Gasteiger partial charge in [0.15, 0.2) is 0 Å². The Labute approximate surface area is 132 Å². The molecule has 1 aliphatic rings. The number of hydrogen-bond donors (Lipinski definition) is 0. The summed E-state index contributed by atoms with van der Waals surface area (Å²) in [5, 5.41) is 0. The molecular weight excluding hydrogens is 274 g/mol. The highest BCUT2D eigenvalue weighted by Gasteiger charge is 2.29. The zero-order valence-electron chi connectivity index (χ0n) is 13.7. The molecule has 4 nitrogen and oxygen atoms in total. The smallest absolute Gasteiger partial charge is 0.124 e. The van der Waals surface area contributed by atoms with E-state index in [2.05, 4.69) is 53.4 Å². The Morgan fingerprint density at radius 2 is 2.05 bits per heavy atom. The molecular formula is C18H25N3O.